The Labute approximate surface area is 515 Å². The number of carbonyl (C=O) groups is 3. The zero-order valence-electron chi connectivity index (χ0n) is 52.0. The van der Waals surface area contributed by atoms with Crippen molar-refractivity contribution in [2.75, 3.05) is 21.7 Å². The van der Waals surface area contributed by atoms with Crippen LogP contribution in [0.4, 0.5) is 21.9 Å². The monoisotopic (exact) mass is 1300 g/mol. The van der Waals surface area contributed by atoms with E-state index in [1.807, 2.05) is 74.6 Å². The second-order valence-corrected chi connectivity index (χ2v) is 36.8. The third-order valence-electron chi connectivity index (χ3n) is 13.0. The third-order valence-corrected chi connectivity index (χ3v) is 23.5. The van der Waals surface area contributed by atoms with Crippen molar-refractivity contribution in [2.45, 2.75) is 198 Å². The molecule has 4 aromatic heterocycles. The van der Waals surface area contributed by atoms with Crippen molar-refractivity contribution in [2.24, 2.45) is 0 Å². The highest BCUT2D eigenvalue weighted by atomic mass is 35.5. The van der Waals surface area contributed by atoms with Gasteiger partial charge in [-0.05, 0) is 103 Å². The van der Waals surface area contributed by atoms with Gasteiger partial charge in [0, 0.05) is 48.7 Å². The van der Waals surface area contributed by atoms with Gasteiger partial charge in [0.1, 0.15) is 25.8 Å². The number of nitrogen functional groups attached to an aromatic ring is 1. The molecule has 0 saturated carbocycles. The summed E-state index contributed by atoms with van der Waals surface area (Å²) in [5, 5.41) is 18.3. The molecule has 19 nitrogen and oxygen atoms in total. The Bertz CT molecular complexity index is 3580. The number of carbonyl (C=O) groups excluding carboxylic acids is 3. The number of aromatic nitrogens is 4. The van der Waals surface area contributed by atoms with Gasteiger partial charge < -0.3 is 30.7 Å². The maximum Gasteiger partial charge on any atom is 0.247 e. The number of rotatable bonds is 14. The summed E-state index contributed by atoms with van der Waals surface area (Å²) < 4.78 is 81.2. The Morgan fingerprint density at radius 3 is 1.30 bits per heavy atom. The van der Waals surface area contributed by atoms with Gasteiger partial charge in [0.05, 0.1) is 28.1 Å². The summed E-state index contributed by atoms with van der Waals surface area (Å²) in [4.78, 5) is 47.5. The highest BCUT2D eigenvalue weighted by Crippen LogP contribution is 2.35. The van der Waals surface area contributed by atoms with E-state index < -0.39 is 66.7 Å². The van der Waals surface area contributed by atoms with E-state index in [9.17, 15) is 39.6 Å². The molecule has 26 heteroatoms. The molecule has 466 valence electrons. The molecular formula is C58H84Cl2N8O11S5. The Balaban J connectivity index is 0.000000306. The molecule has 0 aliphatic rings. The van der Waals surface area contributed by atoms with Crippen LogP contribution in [0.2, 0.25) is 10.0 Å². The smallest absolute Gasteiger partial charge is 0.247 e. The summed E-state index contributed by atoms with van der Waals surface area (Å²) in [6.07, 6.45) is 0. The van der Waals surface area contributed by atoms with Crippen LogP contribution < -0.4 is 21.7 Å². The second-order valence-electron chi connectivity index (χ2n) is 25.9. The number of halogens is 2. The predicted molar refractivity (Wildman–Crippen MR) is 342 cm³/mol. The van der Waals surface area contributed by atoms with Gasteiger partial charge in [-0.2, -0.15) is 0 Å². The second kappa shape index (κ2) is 27.2. The first-order chi connectivity index (χ1) is 37.9. The number of sulfone groups is 3. The number of anilines is 4. The third kappa shape index (κ3) is 19.4. The molecule has 0 saturated heterocycles. The van der Waals surface area contributed by atoms with Crippen molar-refractivity contribution in [3.05, 3.63) is 115 Å². The van der Waals surface area contributed by atoms with Crippen molar-refractivity contribution in [3.8, 4) is 0 Å². The van der Waals surface area contributed by atoms with Crippen LogP contribution in [0.5, 0.6) is 0 Å². The number of nitrogens with zero attached hydrogens (tertiary/aromatic N) is 4. The molecule has 6 aromatic rings. The predicted octanol–water partition coefficient (Wildman–Crippen LogP) is 13.2. The Kier molecular flexibility index (Phi) is 23.7. The number of amides is 3. The number of benzene rings is 2. The van der Waals surface area contributed by atoms with Gasteiger partial charge in [0.15, 0.2) is 51.4 Å². The summed E-state index contributed by atoms with van der Waals surface area (Å²) in [5.41, 5.74) is 7.75. The van der Waals surface area contributed by atoms with Crippen LogP contribution in [0.15, 0.2) is 75.1 Å². The van der Waals surface area contributed by atoms with Gasteiger partial charge in [-0.25, -0.2) is 35.2 Å². The van der Waals surface area contributed by atoms with Gasteiger partial charge in [-0.15, -0.1) is 22.7 Å². The van der Waals surface area contributed by atoms with E-state index in [1.54, 1.807) is 74.5 Å². The van der Waals surface area contributed by atoms with Gasteiger partial charge >= 0.3 is 0 Å². The summed E-state index contributed by atoms with van der Waals surface area (Å²) in [6, 6.07) is 16.5. The maximum absolute atomic E-state index is 12.9. The van der Waals surface area contributed by atoms with Crippen LogP contribution in [0.1, 0.15) is 177 Å². The first-order valence-electron chi connectivity index (χ1n) is 26.6. The van der Waals surface area contributed by atoms with E-state index in [2.05, 4.69) is 57.0 Å². The van der Waals surface area contributed by atoms with Gasteiger partial charge in [0.25, 0.3) is 0 Å². The van der Waals surface area contributed by atoms with E-state index >= 15 is 0 Å². The zero-order chi connectivity index (χ0) is 64.8. The molecule has 0 aliphatic carbocycles. The Morgan fingerprint density at radius 1 is 0.560 bits per heavy atom. The molecule has 0 spiro atoms. The van der Waals surface area contributed by atoms with E-state index in [-0.39, 0.29) is 39.0 Å². The van der Waals surface area contributed by atoms with Crippen LogP contribution in [0, 0.1) is 6.92 Å². The Hall–Kier alpha value is -5.24. The van der Waals surface area contributed by atoms with Crippen molar-refractivity contribution in [1.82, 2.24) is 20.3 Å². The molecule has 5 N–H and O–H groups in total. The average molecular weight is 1300 g/mol. The molecule has 0 aliphatic heterocycles. The molecule has 4 heterocycles. The van der Waals surface area contributed by atoms with E-state index in [0.717, 1.165) is 22.0 Å². The lowest BCUT2D eigenvalue weighted by Gasteiger charge is -2.25. The van der Waals surface area contributed by atoms with Gasteiger partial charge in [-0.1, -0.05) is 141 Å². The number of nitrogens with two attached hydrogens (primary N) is 1. The van der Waals surface area contributed by atoms with Crippen LogP contribution in [0.3, 0.4) is 0 Å². The average Bonchev–Trinajstić information content (AvgIpc) is 1.86. The maximum atomic E-state index is 12.9. The van der Waals surface area contributed by atoms with Crippen LogP contribution in [-0.4, -0.2) is 82.7 Å². The summed E-state index contributed by atoms with van der Waals surface area (Å²) in [7, 11) is -11.1. The lowest BCUT2D eigenvalue weighted by Crippen LogP contribution is -2.47. The molecule has 0 atom stereocenters. The quantitative estimate of drug-likeness (QED) is 0.0788. The van der Waals surface area contributed by atoms with Crippen LogP contribution in [0.25, 0.3) is 0 Å². The zero-order valence-corrected chi connectivity index (χ0v) is 57.6. The highest BCUT2D eigenvalue weighted by Gasteiger charge is 2.45. The fourth-order valence-electron chi connectivity index (χ4n) is 6.88. The molecule has 0 radical (unpaired) electrons. The van der Waals surface area contributed by atoms with E-state index in [1.165, 1.54) is 64.2 Å². The van der Waals surface area contributed by atoms with Crippen molar-refractivity contribution in [1.29, 1.82) is 0 Å². The minimum absolute atomic E-state index is 0.00458. The SMILES string of the molecule is CC(C)(C)c1cc(N)no1.CC(C)(C)c1csc(NC(=O)C(C)(C)S(=O)(=O)Cc2ccc(Cl)cc2)n1.CC(C)S(=O)(=O)C(C)(C)C(=O)Nc1cc(C(C)(C)C)on1.Cc1nc(NC(=O)C(C)(C)S(=O)(=O)Cc2ccc(Cl)cc2)sc1C(C)(C)C. The first kappa shape index (κ1) is 73.0. The van der Waals surface area contributed by atoms with Crippen LogP contribution in [-0.2, 0) is 77.1 Å². The number of hydrogen-bond donors (Lipinski definition) is 4. The fourth-order valence-corrected chi connectivity index (χ4v) is 13.2. The Morgan fingerprint density at radius 2 is 0.964 bits per heavy atom. The standard InChI is InChI=1S/C19H25ClN2O3S2.C18H23ClN2O3S2.C14H24N2O4S.C7H12N2O/c1-12-15(18(2,3)4)26-17(21-12)22-16(23)19(5,6)27(24,25)11-13-7-9-14(20)10-8-13;1-17(2,3)14-10-25-16(20-14)21-15(22)18(4,5)26(23,24)11-12-6-8-13(19)9-7-12;1-9(2)21(18,19)14(6,7)12(17)15-11-8-10(20-16-11)13(3,4)5;1-7(2,3)5-4-6(8)9-10-5/h7-10H,11H2,1-6H3,(H,21,22,23);6-10H,11H2,1-5H3,(H,20,21,22);8-9H,1-7H3,(H,15,16,17);4H,1-3H3,(H2,8,9). The summed E-state index contributed by atoms with van der Waals surface area (Å²) in [6.45, 7) is 37.7. The van der Waals surface area contributed by atoms with E-state index in [0.29, 0.717) is 43.0 Å². The molecule has 2 aromatic carbocycles. The minimum atomic E-state index is -3.76. The van der Waals surface area contributed by atoms with Crippen LogP contribution >= 0.6 is 45.9 Å². The molecular weight excluding hydrogens is 1220 g/mol. The first-order valence-corrected chi connectivity index (χ1v) is 33.9. The fraction of sp³-hybridized carbons (Fsp3) is 0.534. The molecule has 0 bridgehead atoms. The molecule has 3 amide bonds. The lowest BCUT2D eigenvalue weighted by molar-refractivity contribution is -0.118. The normalized spacial score (nSPS) is 12.9. The number of aryl methyl sites for hydroxylation is 1. The largest absolute Gasteiger partial charge is 0.381 e. The molecule has 0 unspecified atom stereocenters. The molecule has 6 rings (SSSR count). The number of thiazole rings is 2. The number of nitrogens with one attached hydrogen (secondary N) is 3. The van der Waals surface area contributed by atoms with E-state index in [4.69, 9.17) is 38.0 Å². The van der Waals surface area contributed by atoms with Crippen molar-refractivity contribution < 1.29 is 48.7 Å². The summed E-state index contributed by atoms with van der Waals surface area (Å²) >= 11 is 14.3. The van der Waals surface area contributed by atoms with Crippen molar-refractivity contribution >= 4 is 115 Å². The van der Waals surface area contributed by atoms with Crippen molar-refractivity contribution in [3.63, 3.8) is 0 Å². The molecule has 0 fully saturated rings. The van der Waals surface area contributed by atoms with Gasteiger partial charge in [0.2, 0.25) is 17.7 Å². The lowest BCUT2D eigenvalue weighted by atomic mass is 9.93. The minimum Gasteiger partial charge on any atom is -0.381 e. The highest BCUT2D eigenvalue weighted by molar-refractivity contribution is 7.94. The topological polar surface area (TPSA) is 294 Å². The summed E-state index contributed by atoms with van der Waals surface area (Å²) in [5.74, 6) is -0.184. The van der Waals surface area contributed by atoms with Gasteiger partial charge in [-0.3, -0.25) is 14.4 Å². The molecule has 84 heavy (non-hydrogen) atoms. The number of hydrogen-bond acceptors (Lipinski definition) is 18.